The summed E-state index contributed by atoms with van der Waals surface area (Å²) in [6, 6.07) is 13.3. The number of unbranched alkanes of at least 4 members (excludes halogenated alkanes) is 1. The lowest BCUT2D eigenvalue weighted by atomic mass is 10.1. The van der Waals surface area contributed by atoms with Crippen LogP contribution in [-0.2, 0) is 13.0 Å². The van der Waals surface area contributed by atoms with Crippen LogP contribution in [0.5, 0.6) is 0 Å². The van der Waals surface area contributed by atoms with Gasteiger partial charge in [0.05, 0.1) is 5.70 Å². The van der Waals surface area contributed by atoms with Crippen LogP contribution in [0, 0.1) is 6.92 Å². The first-order valence-corrected chi connectivity index (χ1v) is 10.9. The molecule has 0 fully saturated rings. The SMILES string of the molecule is CCCCC1N(C)C=C(C=C(C)Cc2cccs2)N1Cc1ccc(C)cc1. The maximum absolute atomic E-state index is 2.58. The molecule has 0 N–H and O–H groups in total. The van der Waals surface area contributed by atoms with Crippen molar-refractivity contribution in [1.29, 1.82) is 0 Å². The fourth-order valence-electron chi connectivity index (χ4n) is 3.71. The molecule has 2 aromatic rings. The number of benzene rings is 1. The summed E-state index contributed by atoms with van der Waals surface area (Å²) in [5.41, 5.74) is 5.46. The molecule has 0 bridgehead atoms. The van der Waals surface area contributed by atoms with Crippen LogP contribution in [0.25, 0.3) is 0 Å². The number of hydrogen-bond donors (Lipinski definition) is 0. The van der Waals surface area contributed by atoms with Crippen LogP contribution in [0.2, 0.25) is 0 Å². The van der Waals surface area contributed by atoms with Gasteiger partial charge in [0.25, 0.3) is 0 Å². The van der Waals surface area contributed by atoms with Crippen molar-refractivity contribution in [2.75, 3.05) is 7.05 Å². The van der Waals surface area contributed by atoms with Gasteiger partial charge in [-0.25, -0.2) is 0 Å². The van der Waals surface area contributed by atoms with Crippen LogP contribution in [-0.4, -0.2) is 23.0 Å². The molecule has 2 nitrogen and oxygen atoms in total. The van der Waals surface area contributed by atoms with Gasteiger partial charge in [-0.1, -0.05) is 54.8 Å². The van der Waals surface area contributed by atoms with E-state index >= 15 is 0 Å². The molecule has 144 valence electrons. The van der Waals surface area contributed by atoms with Gasteiger partial charge in [0.1, 0.15) is 6.17 Å². The summed E-state index contributed by atoms with van der Waals surface area (Å²) in [4.78, 5) is 6.41. The largest absolute Gasteiger partial charge is 0.359 e. The fraction of sp³-hybridized carbons (Fsp3) is 0.417. The Hall–Kier alpha value is -2.00. The third-order valence-corrected chi connectivity index (χ3v) is 6.09. The van der Waals surface area contributed by atoms with E-state index in [9.17, 15) is 0 Å². The minimum Gasteiger partial charge on any atom is -0.359 e. The molecule has 0 amide bonds. The van der Waals surface area contributed by atoms with Gasteiger partial charge in [0.2, 0.25) is 0 Å². The van der Waals surface area contributed by atoms with E-state index in [4.69, 9.17) is 0 Å². The number of nitrogens with zero attached hydrogens (tertiary/aromatic N) is 2. The highest BCUT2D eigenvalue weighted by molar-refractivity contribution is 7.09. The second kappa shape index (κ2) is 9.27. The second-order valence-corrected chi connectivity index (χ2v) is 8.73. The average molecular weight is 381 g/mol. The second-order valence-electron chi connectivity index (χ2n) is 7.70. The first-order chi connectivity index (χ1) is 13.1. The maximum Gasteiger partial charge on any atom is 0.101 e. The molecule has 3 heteroatoms. The Labute approximate surface area is 168 Å². The molecule has 1 atom stereocenters. The van der Waals surface area contributed by atoms with Crippen molar-refractivity contribution in [2.24, 2.45) is 0 Å². The molecule has 0 aliphatic carbocycles. The summed E-state index contributed by atoms with van der Waals surface area (Å²) in [6.07, 6.45) is 9.91. The van der Waals surface area contributed by atoms with E-state index in [1.165, 1.54) is 46.5 Å². The predicted octanol–water partition coefficient (Wildman–Crippen LogP) is 6.35. The van der Waals surface area contributed by atoms with E-state index < -0.39 is 0 Å². The van der Waals surface area contributed by atoms with E-state index in [0.29, 0.717) is 6.17 Å². The molecule has 2 heterocycles. The van der Waals surface area contributed by atoms with Crippen LogP contribution in [0.3, 0.4) is 0 Å². The van der Waals surface area contributed by atoms with Crippen molar-refractivity contribution in [2.45, 2.75) is 59.2 Å². The van der Waals surface area contributed by atoms with Crippen LogP contribution in [0.15, 0.2) is 65.3 Å². The Kier molecular flexibility index (Phi) is 6.78. The first-order valence-electron chi connectivity index (χ1n) is 10.0. The zero-order valence-electron chi connectivity index (χ0n) is 17.1. The summed E-state index contributed by atoms with van der Waals surface area (Å²) in [5.74, 6) is 0. The van der Waals surface area contributed by atoms with Crippen molar-refractivity contribution < 1.29 is 0 Å². The number of thiophene rings is 1. The van der Waals surface area contributed by atoms with Crippen LogP contribution in [0.1, 0.15) is 49.1 Å². The summed E-state index contributed by atoms with van der Waals surface area (Å²) in [6.45, 7) is 7.65. The predicted molar refractivity (Wildman–Crippen MR) is 118 cm³/mol. The summed E-state index contributed by atoms with van der Waals surface area (Å²) >= 11 is 1.84. The Morgan fingerprint density at radius 3 is 2.63 bits per heavy atom. The number of aryl methyl sites for hydroxylation is 1. The van der Waals surface area contributed by atoms with Crippen molar-refractivity contribution in [3.8, 4) is 0 Å². The molecule has 1 aromatic heterocycles. The van der Waals surface area contributed by atoms with Crippen LogP contribution < -0.4 is 0 Å². The standard InChI is InChI=1S/C24H32N2S/c1-5-6-9-24-25(4)18-22(15-20(3)16-23-8-7-14-27-23)26(24)17-21-12-10-19(2)11-13-21/h7-8,10-15,18,24H,5-6,9,16-17H2,1-4H3. The average Bonchev–Trinajstić information content (AvgIpc) is 3.24. The third-order valence-electron chi connectivity index (χ3n) is 5.21. The number of rotatable bonds is 8. The fourth-order valence-corrected chi connectivity index (χ4v) is 4.51. The molecule has 1 aliphatic rings. The zero-order chi connectivity index (χ0) is 19.2. The van der Waals surface area contributed by atoms with E-state index in [0.717, 1.165) is 13.0 Å². The molecule has 0 saturated carbocycles. The molecule has 1 aliphatic heterocycles. The van der Waals surface area contributed by atoms with Crippen LogP contribution in [0.4, 0.5) is 0 Å². The third kappa shape index (κ3) is 5.26. The monoisotopic (exact) mass is 380 g/mol. The highest BCUT2D eigenvalue weighted by atomic mass is 32.1. The van der Waals surface area contributed by atoms with Gasteiger partial charge in [-0.15, -0.1) is 11.3 Å². The van der Waals surface area contributed by atoms with Crippen molar-refractivity contribution in [3.63, 3.8) is 0 Å². The Morgan fingerprint density at radius 2 is 1.96 bits per heavy atom. The normalized spacial score (nSPS) is 17.6. The minimum atomic E-state index is 0.451. The van der Waals surface area contributed by atoms with Gasteiger partial charge in [-0.2, -0.15) is 0 Å². The van der Waals surface area contributed by atoms with Crippen molar-refractivity contribution in [1.82, 2.24) is 9.80 Å². The number of hydrogen-bond acceptors (Lipinski definition) is 3. The Bertz CT molecular complexity index is 771. The lowest BCUT2D eigenvalue weighted by molar-refractivity contribution is 0.150. The van der Waals surface area contributed by atoms with Gasteiger partial charge in [-0.05, 0) is 49.8 Å². The Morgan fingerprint density at radius 1 is 1.19 bits per heavy atom. The van der Waals surface area contributed by atoms with Crippen LogP contribution >= 0.6 is 11.3 Å². The maximum atomic E-state index is 2.58. The molecular weight excluding hydrogens is 348 g/mol. The molecule has 1 aromatic carbocycles. The lowest BCUT2D eigenvalue weighted by Gasteiger charge is -2.32. The molecule has 3 rings (SSSR count). The van der Waals surface area contributed by atoms with Gasteiger partial charge < -0.3 is 9.80 Å². The van der Waals surface area contributed by atoms with Gasteiger partial charge in [0.15, 0.2) is 0 Å². The first kappa shape index (κ1) is 19.8. The van der Waals surface area contributed by atoms with Gasteiger partial charge >= 0.3 is 0 Å². The van der Waals surface area contributed by atoms with E-state index in [1.807, 2.05) is 11.3 Å². The van der Waals surface area contributed by atoms with E-state index in [-0.39, 0.29) is 0 Å². The molecule has 0 spiro atoms. The van der Waals surface area contributed by atoms with Gasteiger partial charge in [-0.3, -0.25) is 0 Å². The van der Waals surface area contributed by atoms with E-state index in [2.05, 4.69) is 91.7 Å². The lowest BCUT2D eigenvalue weighted by Crippen LogP contribution is -2.37. The molecule has 0 saturated heterocycles. The molecular formula is C24H32N2S. The molecule has 27 heavy (non-hydrogen) atoms. The molecule has 1 unspecified atom stereocenters. The molecule has 0 radical (unpaired) electrons. The zero-order valence-corrected chi connectivity index (χ0v) is 17.9. The summed E-state index contributed by atoms with van der Waals surface area (Å²) < 4.78 is 0. The summed E-state index contributed by atoms with van der Waals surface area (Å²) in [5, 5.41) is 2.16. The van der Waals surface area contributed by atoms with Crippen molar-refractivity contribution >= 4 is 11.3 Å². The topological polar surface area (TPSA) is 6.48 Å². The number of allylic oxidation sites excluding steroid dienone is 2. The van der Waals surface area contributed by atoms with Gasteiger partial charge in [0, 0.05) is 31.1 Å². The minimum absolute atomic E-state index is 0.451. The highest BCUT2D eigenvalue weighted by Gasteiger charge is 2.28. The smallest absolute Gasteiger partial charge is 0.101 e. The highest BCUT2D eigenvalue weighted by Crippen LogP contribution is 2.29. The van der Waals surface area contributed by atoms with E-state index in [1.54, 1.807) is 0 Å². The quantitative estimate of drug-likeness (QED) is 0.526. The van der Waals surface area contributed by atoms with Crippen molar-refractivity contribution in [3.05, 3.63) is 81.3 Å². The Balaban J connectivity index is 1.80. The summed E-state index contributed by atoms with van der Waals surface area (Å²) in [7, 11) is 2.22.